The summed E-state index contributed by atoms with van der Waals surface area (Å²) < 4.78 is 12.7. The molecule has 10 nitrogen and oxygen atoms in total. The molecule has 0 radical (unpaired) electrons. The number of aliphatic hydroxyl groups excluding tert-OH is 1. The lowest BCUT2D eigenvalue weighted by atomic mass is 9.78. The molecule has 0 saturated heterocycles. The highest BCUT2D eigenvalue weighted by atomic mass is 79.9. The highest BCUT2D eigenvalue weighted by molar-refractivity contribution is 9.69. The maximum Gasteiger partial charge on any atom is 0.411 e. The molecule has 2 aromatic rings. The van der Waals surface area contributed by atoms with E-state index in [1.165, 1.54) is 13.8 Å². The van der Waals surface area contributed by atoms with Gasteiger partial charge < -0.3 is 19.7 Å². The molecule has 0 aromatic heterocycles. The van der Waals surface area contributed by atoms with Crippen molar-refractivity contribution in [1.82, 2.24) is 9.80 Å². The van der Waals surface area contributed by atoms with E-state index in [-0.39, 0.29) is 39.9 Å². The van der Waals surface area contributed by atoms with Crippen molar-refractivity contribution in [3.8, 4) is 5.75 Å². The number of phenolic OH excluding ortho intramolecular Hbond substituents is 1. The molecule has 294 valence electrons. The highest BCUT2D eigenvalue weighted by Gasteiger charge is 2.45. The van der Waals surface area contributed by atoms with Crippen molar-refractivity contribution in [3.05, 3.63) is 61.0 Å². The molecule has 2 aliphatic heterocycles. The molecular weight excluding hydrogens is 1010 g/mol. The Labute approximate surface area is 355 Å². The van der Waals surface area contributed by atoms with Crippen LogP contribution >= 0.6 is 79.1 Å². The quantitative estimate of drug-likeness (QED) is 0.283. The average molecular weight is 1060 g/mol. The third-order valence-corrected chi connectivity index (χ3v) is 9.96. The van der Waals surface area contributed by atoms with Gasteiger partial charge in [0.1, 0.15) is 28.5 Å². The Bertz CT molecular complexity index is 1680. The fraction of sp³-hybridized carbons (Fsp3) is 0.568. The van der Waals surface area contributed by atoms with Crippen LogP contribution in [0.15, 0.2) is 33.2 Å². The van der Waals surface area contributed by atoms with E-state index < -0.39 is 34.5 Å². The largest absolute Gasteiger partial charge is 0.507 e. The van der Waals surface area contributed by atoms with Gasteiger partial charge in [0.2, 0.25) is 0 Å². The number of nitrogens with zero attached hydrogens (tertiary/aromatic N) is 2. The van der Waals surface area contributed by atoms with Crippen molar-refractivity contribution < 1.29 is 38.9 Å². The zero-order valence-corrected chi connectivity index (χ0v) is 39.9. The van der Waals surface area contributed by atoms with Crippen molar-refractivity contribution in [3.63, 3.8) is 0 Å². The predicted molar refractivity (Wildman–Crippen MR) is 227 cm³/mol. The van der Waals surface area contributed by atoms with Gasteiger partial charge in [0.15, 0.2) is 0 Å². The molecule has 2 aliphatic rings. The molecule has 0 saturated carbocycles. The lowest BCUT2D eigenvalue weighted by molar-refractivity contribution is -0.121. The van der Waals surface area contributed by atoms with Crippen molar-refractivity contribution in [2.75, 3.05) is 13.1 Å². The second kappa shape index (κ2) is 19.1. The lowest BCUT2D eigenvalue weighted by Crippen LogP contribution is -2.53. The summed E-state index contributed by atoms with van der Waals surface area (Å²) in [6.07, 6.45) is 0.816. The van der Waals surface area contributed by atoms with Crippen molar-refractivity contribution in [1.29, 1.82) is 0 Å². The molecule has 16 heteroatoms. The highest BCUT2D eigenvalue weighted by Crippen LogP contribution is 2.43. The molecule has 4 rings (SSSR count). The van der Waals surface area contributed by atoms with E-state index in [9.17, 15) is 29.4 Å². The number of rotatable bonds is 5. The Morgan fingerprint density at radius 3 is 1.43 bits per heavy atom. The Kier molecular flexibility index (Phi) is 17.2. The third kappa shape index (κ3) is 13.3. The van der Waals surface area contributed by atoms with Gasteiger partial charge in [-0.05, 0) is 144 Å². The number of ether oxygens (including phenoxy) is 2. The van der Waals surface area contributed by atoms with Crippen LogP contribution in [0.3, 0.4) is 0 Å². The van der Waals surface area contributed by atoms with E-state index in [1.807, 2.05) is 67.5 Å². The average Bonchev–Trinajstić information content (AvgIpc) is 2.96. The van der Waals surface area contributed by atoms with Crippen LogP contribution in [0, 0.1) is 0 Å². The summed E-state index contributed by atoms with van der Waals surface area (Å²) in [6, 6.07) is 7.36. The van der Waals surface area contributed by atoms with Gasteiger partial charge >= 0.3 is 15.4 Å². The first-order valence-electron chi connectivity index (χ1n) is 17.0. The van der Waals surface area contributed by atoms with E-state index in [0.29, 0.717) is 30.4 Å². The van der Waals surface area contributed by atoms with Crippen LogP contribution < -0.4 is 0 Å². The molecule has 0 aliphatic carbocycles. The van der Waals surface area contributed by atoms with Crippen LogP contribution in [0.5, 0.6) is 5.75 Å². The minimum absolute atomic E-state index is 0.00580. The standard InChI is InChI=1S/C19H26BrNO4.C18H24BrNO4.BBr3/c1-12(23)10-19(5)15-9-16(20)14(11-22)8-13(15)6-7-21(19)17(24)25-18(2,3)4;1-11(21)10-18(5)13-9-14(19)15(22)8-12(13)6-7-20(18)16(23)24-17(2,3)4;2-1(3)4/h8-9,22H,6-7,10-11H2,1-5H3;8-9,22H,6-7,10H2,1-5H3;. The molecule has 2 aromatic carbocycles. The zero-order chi connectivity index (χ0) is 40.9. The van der Waals surface area contributed by atoms with Crippen molar-refractivity contribution in [2.45, 2.75) is 124 Å². The Morgan fingerprint density at radius 2 is 1.09 bits per heavy atom. The third-order valence-electron chi connectivity index (χ3n) is 8.59. The second-order valence-electron chi connectivity index (χ2n) is 15.5. The summed E-state index contributed by atoms with van der Waals surface area (Å²) in [5.41, 5.74) is 1.78. The summed E-state index contributed by atoms with van der Waals surface area (Å²) in [5.74, 6) is 0.152. The number of amides is 2. The van der Waals surface area contributed by atoms with E-state index in [2.05, 4.69) is 79.1 Å². The number of hydrogen-bond donors (Lipinski definition) is 2. The predicted octanol–water partition coefficient (Wildman–Crippen LogP) is 10.2. The molecule has 2 amide bonds. The first-order valence-corrected chi connectivity index (χ1v) is 21.3. The second-order valence-corrected chi connectivity index (χ2v) is 23.7. The van der Waals surface area contributed by atoms with E-state index in [4.69, 9.17) is 9.47 Å². The summed E-state index contributed by atoms with van der Waals surface area (Å²) in [6.45, 7) is 18.6. The number of ketones is 2. The van der Waals surface area contributed by atoms with Gasteiger partial charge in [-0.1, -0.05) is 22.0 Å². The van der Waals surface area contributed by atoms with Gasteiger partial charge in [-0.25, -0.2) is 9.59 Å². The zero-order valence-electron chi connectivity index (χ0n) is 32.0. The van der Waals surface area contributed by atoms with Gasteiger partial charge in [0.05, 0.1) is 22.2 Å². The van der Waals surface area contributed by atoms with E-state index in [1.54, 1.807) is 21.9 Å². The summed E-state index contributed by atoms with van der Waals surface area (Å²) in [4.78, 5) is 52.6. The van der Waals surface area contributed by atoms with Crippen LogP contribution in [0.2, 0.25) is 0 Å². The normalized spacial score (nSPS) is 19.3. The molecule has 53 heavy (non-hydrogen) atoms. The van der Waals surface area contributed by atoms with Crippen LogP contribution in [-0.4, -0.2) is 71.2 Å². The summed E-state index contributed by atoms with van der Waals surface area (Å²) >= 11 is 16.1. The van der Waals surface area contributed by atoms with Crippen LogP contribution in [0.4, 0.5) is 9.59 Å². The number of Topliss-reactive ketones (excluding diaryl/α,β-unsaturated/α-hetero) is 2. The van der Waals surface area contributed by atoms with E-state index in [0.717, 1.165) is 32.3 Å². The Balaban J connectivity index is 0.000000333. The van der Waals surface area contributed by atoms with Gasteiger partial charge in [-0.3, -0.25) is 19.4 Å². The van der Waals surface area contributed by atoms with Crippen LogP contribution in [-0.2, 0) is 49.6 Å². The molecular formula is C37H50BBr5N2O8. The van der Waals surface area contributed by atoms with Crippen molar-refractivity contribution >= 4 is 106 Å². The number of fused-ring (bicyclic) bond motifs is 2. The number of hydrogen-bond acceptors (Lipinski definition) is 8. The molecule has 2 unspecified atom stereocenters. The number of aliphatic hydroxyl groups is 1. The lowest BCUT2D eigenvalue weighted by Gasteiger charge is -2.46. The summed E-state index contributed by atoms with van der Waals surface area (Å²) in [7, 11) is 0. The number of carbonyl (C=O) groups is 4. The maximum atomic E-state index is 12.8. The smallest absolute Gasteiger partial charge is 0.411 e. The minimum Gasteiger partial charge on any atom is -0.507 e. The summed E-state index contributed by atoms with van der Waals surface area (Å²) in [5, 5.41) is 19.4. The van der Waals surface area contributed by atoms with Gasteiger partial charge in [0.25, 0.3) is 0 Å². The fourth-order valence-corrected chi connectivity index (χ4v) is 7.44. The molecule has 0 spiro atoms. The molecule has 0 bridgehead atoms. The van der Waals surface area contributed by atoms with Gasteiger partial charge in [-0.2, -0.15) is 0 Å². The number of aromatic hydroxyl groups is 1. The monoisotopic (exact) mass is 1060 g/mol. The molecule has 2 atom stereocenters. The molecule has 2 N–H and O–H groups in total. The Morgan fingerprint density at radius 1 is 0.736 bits per heavy atom. The van der Waals surface area contributed by atoms with Gasteiger partial charge in [0, 0.05) is 30.4 Å². The number of phenols is 1. The first-order chi connectivity index (χ1) is 24.1. The minimum atomic E-state index is -0.808. The van der Waals surface area contributed by atoms with Crippen molar-refractivity contribution in [2.24, 2.45) is 0 Å². The van der Waals surface area contributed by atoms with E-state index >= 15 is 0 Å². The topological polar surface area (TPSA) is 134 Å². The number of benzene rings is 2. The molecule has 2 heterocycles. The first kappa shape index (κ1) is 47.7. The van der Waals surface area contributed by atoms with Gasteiger partial charge in [-0.15, -0.1) is 47.3 Å². The Hall–Kier alpha value is -1.46. The van der Waals surface area contributed by atoms with Crippen LogP contribution in [0.25, 0.3) is 0 Å². The SMILES string of the molecule is BrB(Br)Br.CC(=O)CC1(C)c2cc(Br)c(CO)cc2CCN1C(=O)OC(C)(C)C.CC(=O)CC1(C)c2cc(Br)c(O)cc2CCN1C(=O)OC(C)(C)C. The number of carbonyl (C=O) groups excluding carboxylic acids is 4. The fourth-order valence-electron chi connectivity index (χ4n) is 6.63. The van der Waals surface area contributed by atoms with Crippen LogP contribution in [0.1, 0.15) is 110 Å². The number of halogens is 5. The molecule has 0 fully saturated rings. The maximum absolute atomic E-state index is 12.8.